The summed E-state index contributed by atoms with van der Waals surface area (Å²) in [5, 5.41) is 5.61. The van der Waals surface area contributed by atoms with Crippen molar-refractivity contribution in [2.45, 2.75) is 37.8 Å². The third-order valence-corrected chi connectivity index (χ3v) is 5.96. The lowest BCUT2D eigenvalue weighted by Gasteiger charge is -2.14. The summed E-state index contributed by atoms with van der Waals surface area (Å²) in [5.74, 6) is -0.213. The van der Waals surface area contributed by atoms with Gasteiger partial charge in [0.2, 0.25) is 5.91 Å². The molecule has 0 saturated heterocycles. The van der Waals surface area contributed by atoms with Gasteiger partial charge in [0.05, 0.1) is 5.25 Å². The Balaban J connectivity index is 1.62. The molecule has 2 amide bonds. The molecule has 1 atom stereocenters. The topological polar surface area (TPSA) is 58.2 Å². The van der Waals surface area contributed by atoms with E-state index in [0.717, 1.165) is 21.7 Å². The zero-order chi connectivity index (χ0) is 21.7. The predicted molar refractivity (Wildman–Crippen MR) is 125 cm³/mol. The SMILES string of the molecule is Cc1ccc(C(=O)Nc2cccc(SC(C)C(=O)Nc3ccc(C)c(C)c3)c2)cc1. The van der Waals surface area contributed by atoms with Gasteiger partial charge in [-0.3, -0.25) is 9.59 Å². The van der Waals surface area contributed by atoms with Gasteiger partial charge in [0.15, 0.2) is 0 Å². The van der Waals surface area contributed by atoms with Crippen LogP contribution in [0.2, 0.25) is 0 Å². The lowest BCUT2D eigenvalue weighted by Crippen LogP contribution is -2.22. The molecule has 0 saturated carbocycles. The average Bonchev–Trinajstić information content (AvgIpc) is 2.71. The van der Waals surface area contributed by atoms with E-state index in [1.807, 2.05) is 94.4 Å². The Morgan fingerprint density at radius 1 is 0.800 bits per heavy atom. The fourth-order valence-electron chi connectivity index (χ4n) is 2.88. The molecule has 0 aliphatic carbocycles. The first-order valence-electron chi connectivity index (χ1n) is 9.84. The summed E-state index contributed by atoms with van der Waals surface area (Å²) in [5.41, 5.74) is 5.56. The fourth-order valence-corrected chi connectivity index (χ4v) is 3.80. The van der Waals surface area contributed by atoms with Crippen molar-refractivity contribution in [1.82, 2.24) is 0 Å². The maximum Gasteiger partial charge on any atom is 0.255 e. The van der Waals surface area contributed by atoms with Crippen LogP contribution in [0.15, 0.2) is 71.6 Å². The van der Waals surface area contributed by atoms with Crippen molar-refractivity contribution in [3.63, 3.8) is 0 Å². The molecule has 0 aliphatic heterocycles. The standard InChI is InChI=1S/C25H26N2O2S/c1-16-8-11-20(12-9-16)25(29)27-21-6-5-7-23(15-21)30-19(4)24(28)26-22-13-10-17(2)18(3)14-22/h5-15,19H,1-4H3,(H,26,28)(H,27,29). The summed E-state index contributed by atoms with van der Waals surface area (Å²) in [4.78, 5) is 25.9. The second kappa shape index (κ2) is 9.63. The van der Waals surface area contributed by atoms with E-state index < -0.39 is 0 Å². The second-order valence-electron chi connectivity index (χ2n) is 7.40. The van der Waals surface area contributed by atoms with Gasteiger partial charge in [-0.25, -0.2) is 0 Å². The minimum Gasteiger partial charge on any atom is -0.325 e. The number of carbonyl (C=O) groups is 2. The van der Waals surface area contributed by atoms with Gasteiger partial charge in [-0.2, -0.15) is 0 Å². The van der Waals surface area contributed by atoms with Crippen LogP contribution in [-0.2, 0) is 4.79 Å². The first-order chi connectivity index (χ1) is 14.3. The van der Waals surface area contributed by atoms with Crippen LogP contribution in [0.25, 0.3) is 0 Å². The van der Waals surface area contributed by atoms with Crippen LogP contribution in [-0.4, -0.2) is 17.1 Å². The number of hydrogen-bond donors (Lipinski definition) is 2. The number of aryl methyl sites for hydroxylation is 3. The Morgan fingerprint density at radius 3 is 2.20 bits per heavy atom. The minimum atomic E-state index is -0.283. The van der Waals surface area contributed by atoms with Crippen molar-refractivity contribution in [3.05, 3.63) is 89.0 Å². The number of hydrogen-bond acceptors (Lipinski definition) is 3. The molecule has 3 aromatic rings. The van der Waals surface area contributed by atoms with Crippen molar-refractivity contribution in [1.29, 1.82) is 0 Å². The molecule has 0 aliphatic rings. The molecule has 4 nitrogen and oxygen atoms in total. The van der Waals surface area contributed by atoms with Crippen LogP contribution in [0.1, 0.15) is 34.0 Å². The Morgan fingerprint density at radius 2 is 1.50 bits per heavy atom. The number of benzene rings is 3. The predicted octanol–water partition coefficient (Wildman–Crippen LogP) is 5.98. The van der Waals surface area contributed by atoms with E-state index in [4.69, 9.17) is 0 Å². The lowest BCUT2D eigenvalue weighted by molar-refractivity contribution is -0.115. The van der Waals surface area contributed by atoms with Crippen LogP contribution in [0.4, 0.5) is 11.4 Å². The van der Waals surface area contributed by atoms with E-state index in [1.54, 1.807) is 0 Å². The third-order valence-electron chi connectivity index (χ3n) is 4.86. The molecule has 154 valence electrons. The maximum absolute atomic E-state index is 12.6. The summed E-state index contributed by atoms with van der Waals surface area (Å²) in [6.45, 7) is 7.93. The van der Waals surface area contributed by atoms with Gasteiger partial charge in [0.25, 0.3) is 5.91 Å². The average molecular weight is 419 g/mol. The lowest BCUT2D eigenvalue weighted by atomic mass is 10.1. The Hall–Kier alpha value is -3.05. The number of thioether (sulfide) groups is 1. The summed E-state index contributed by atoms with van der Waals surface area (Å²) >= 11 is 1.45. The van der Waals surface area contributed by atoms with Gasteiger partial charge in [0, 0.05) is 21.8 Å². The van der Waals surface area contributed by atoms with Crippen LogP contribution in [0.5, 0.6) is 0 Å². The number of amides is 2. The summed E-state index contributed by atoms with van der Waals surface area (Å²) in [6, 6.07) is 20.9. The van der Waals surface area contributed by atoms with Crippen molar-refractivity contribution < 1.29 is 9.59 Å². The zero-order valence-electron chi connectivity index (χ0n) is 17.7. The molecule has 0 radical (unpaired) electrons. The third kappa shape index (κ3) is 5.74. The van der Waals surface area contributed by atoms with E-state index in [0.29, 0.717) is 11.3 Å². The summed E-state index contributed by atoms with van der Waals surface area (Å²) in [6.07, 6.45) is 0. The molecule has 30 heavy (non-hydrogen) atoms. The van der Waals surface area contributed by atoms with E-state index >= 15 is 0 Å². The molecule has 0 aromatic heterocycles. The molecule has 5 heteroatoms. The molecule has 0 fully saturated rings. The molecule has 0 bridgehead atoms. The van der Waals surface area contributed by atoms with E-state index in [-0.39, 0.29) is 17.1 Å². The van der Waals surface area contributed by atoms with Crippen molar-refractivity contribution in [2.24, 2.45) is 0 Å². The van der Waals surface area contributed by atoms with Gasteiger partial charge >= 0.3 is 0 Å². The smallest absolute Gasteiger partial charge is 0.255 e. The summed E-state index contributed by atoms with van der Waals surface area (Å²) in [7, 11) is 0. The highest BCUT2D eigenvalue weighted by atomic mass is 32.2. The van der Waals surface area contributed by atoms with Gasteiger partial charge < -0.3 is 10.6 Å². The molecular formula is C25H26N2O2S. The van der Waals surface area contributed by atoms with E-state index in [2.05, 4.69) is 10.6 Å². The largest absolute Gasteiger partial charge is 0.325 e. The highest BCUT2D eigenvalue weighted by Gasteiger charge is 2.15. The van der Waals surface area contributed by atoms with Crippen molar-refractivity contribution in [2.75, 3.05) is 10.6 Å². The molecule has 3 aromatic carbocycles. The van der Waals surface area contributed by atoms with Crippen LogP contribution in [0, 0.1) is 20.8 Å². The number of nitrogens with one attached hydrogen (secondary N) is 2. The normalized spacial score (nSPS) is 11.6. The molecule has 1 unspecified atom stereocenters. The molecule has 2 N–H and O–H groups in total. The molecule has 0 heterocycles. The Bertz CT molecular complexity index is 1060. The minimum absolute atomic E-state index is 0.0580. The number of anilines is 2. The van der Waals surface area contributed by atoms with Crippen molar-refractivity contribution >= 4 is 35.0 Å². The maximum atomic E-state index is 12.6. The van der Waals surface area contributed by atoms with Crippen LogP contribution >= 0.6 is 11.8 Å². The molecule has 0 spiro atoms. The fraction of sp³-hybridized carbons (Fsp3) is 0.200. The van der Waals surface area contributed by atoms with E-state index in [9.17, 15) is 9.59 Å². The van der Waals surface area contributed by atoms with Gasteiger partial charge in [0.1, 0.15) is 0 Å². The van der Waals surface area contributed by atoms with Gasteiger partial charge in [-0.15, -0.1) is 11.8 Å². The quantitative estimate of drug-likeness (QED) is 0.484. The summed E-state index contributed by atoms with van der Waals surface area (Å²) < 4.78 is 0. The number of rotatable bonds is 6. The zero-order valence-corrected chi connectivity index (χ0v) is 18.5. The van der Waals surface area contributed by atoms with Crippen LogP contribution < -0.4 is 10.6 Å². The highest BCUT2D eigenvalue weighted by molar-refractivity contribution is 8.00. The first kappa shape index (κ1) is 21.7. The van der Waals surface area contributed by atoms with Gasteiger partial charge in [-0.1, -0.05) is 29.8 Å². The molecular weight excluding hydrogens is 392 g/mol. The number of carbonyl (C=O) groups excluding carboxylic acids is 2. The molecule has 3 rings (SSSR count). The Kier molecular flexibility index (Phi) is 6.95. The Labute approximate surface area is 182 Å². The highest BCUT2D eigenvalue weighted by Crippen LogP contribution is 2.27. The monoisotopic (exact) mass is 418 g/mol. The van der Waals surface area contributed by atoms with Gasteiger partial charge in [-0.05, 0) is 81.3 Å². The second-order valence-corrected chi connectivity index (χ2v) is 8.81. The van der Waals surface area contributed by atoms with E-state index in [1.165, 1.54) is 17.3 Å². The van der Waals surface area contributed by atoms with Crippen molar-refractivity contribution in [3.8, 4) is 0 Å². The van der Waals surface area contributed by atoms with Crippen LogP contribution in [0.3, 0.4) is 0 Å². The first-order valence-corrected chi connectivity index (χ1v) is 10.7.